The predicted molar refractivity (Wildman–Crippen MR) is 108 cm³/mol. The number of hydrogen-bond acceptors (Lipinski definition) is 3. The molecule has 0 bridgehead atoms. The molecule has 0 unspecified atom stereocenters. The van der Waals surface area contributed by atoms with E-state index in [2.05, 4.69) is 17.5 Å². The number of rotatable bonds is 7. The molecule has 27 heavy (non-hydrogen) atoms. The van der Waals surface area contributed by atoms with Gasteiger partial charge in [-0.1, -0.05) is 56.0 Å². The van der Waals surface area contributed by atoms with Crippen LogP contribution in [-0.2, 0) is 4.79 Å². The van der Waals surface area contributed by atoms with Crippen LogP contribution in [0.3, 0.4) is 0 Å². The van der Waals surface area contributed by atoms with Crippen LogP contribution >= 0.6 is 0 Å². The maximum atomic E-state index is 12.9. The van der Waals surface area contributed by atoms with Gasteiger partial charge in [-0.2, -0.15) is 5.10 Å². The van der Waals surface area contributed by atoms with Gasteiger partial charge in [0.2, 0.25) is 0 Å². The molecule has 0 aliphatic carbocycles. The molecule has 1 N–H and O–H groups in total. The first-order valence-corrected chi connectivity index (χ1v) is 9.47. The number of fused-ring (bicyclic) bond motifs is 1. The molecule has 2 aromatic carbocycles. The standard InChI is InChI=1S/C22H25N3O2/c1-3-4-5-9-14-25-19-13-12-16(2)15-18(19)20(22(25)27)23-24-21(26)17-10-7-6-8-11-17/h6-8,10-13,15H,3-5,9,14H2,1-2H3,(H,24,26)/b23-20-. The third-order valence-electron chi connectivity index (χ3n) is 4.69. The lowest BCUT2D eigenvalue weighted by molar-refractivity contribution is -0.112. The first-order valence-electron chi connectivity index (χ1n) is 9.47. The summed E-state index contributed by atoms with van der Waals surface area (Å²) < 4.78 is 0. The van der Waals surface area contributed by atoms with Crippen LogP contribution in [0, 0.1) is 6.92 Å². The van der Waals surface area contributed by atoms with Gasteiger partial charge in [0, 0.05) is 17.7 Å². The van der Waals surface area contributed by atoms with Crippen LogP contribution in [0.4, 0.5) is 5.69 Å². The molecule has 0 fully saturated rings. The van der Waals surface area contributed by atoms with Gasteiger partial charge in [0.05, 0.1) is 5.69 Å². The highest BCUT2D eigenvalue weighted by Crippen LogP contribution is 2.30. The molecule has 0 aromatic heterocycles. The summed E-state index contributed by atoms with van der Waals surface area (Å²) in [6.45, 7) is 4.81. The lowest BCUT2D eigenvalue weighted by Crippen LogP contribution is -2.32. The minimum absolute atomic E-state index is 0.152. The molecule has 140 valence electrons. The van der Waals surface area contributed by atoms with E-state index >= 15 is 0 Å². The van der Waals surface area contributed by atoms with Crippen LogP contribution in [0.1, 0.15) is 54.1 Å². The van der Waals surface area contributed by atoms with Crippen molar-refractivity contribution in [2.24, 2.45) is 5.10 Å². The zero-order valence-electron chi connectivity index (χ0n) is 15.9. The first-order chi connectivity index (χ1) is 13.1. The van der Waals surface area contributed by atoms with E-state index < -0.39 is 0 Å². The Morgan fingerprint density at radius 1 is 1.07 bits per heavy atom. The summed E-state index contributed by atoms with van der Waals surface area (Å²) in [6, 6.07) is 14.8. The number of anilines is 1. The highest BCUT2D eigenvalue weighted by Gasteiger charge is 2.34. The van der Waals surface area contributed by atoms with E-state index in [1.165, 1.54) is 0 Å². The van der Waals surface area contributed by atoms with Gasteiger partial charge in [0.15, 0.2) is 5.71 Å². The second-order valence-corrected chi connectivity index (χ2v) is 6.81. The Morgan fingerprint density at radius 2 is 1.85 bits per heavy atom. The molecule has 5 nitrogen and oxygen atoms in total. The normalized spacial score (nSPS) is 14.5. The Balaban J connectivity index is 1.81. The Bertz CT molecular complexity index is 859. The van der Waals surface area contributed by atoms with Crippen LogP contribution in [0.15, 0.2) is 53.6 Å². The minimum Gasteiger partial charge on any atom is -0.306 e. The molecule has 0 saturated heterocycles. The van der Waals surface area contributed by atoms with Gasteiger partial charge in [-0.05, 0) is 37.6 Å². The molecule has 1 aliphatic heterocycles. The van der Waals surface area contributed by atoms with Crippen LogP contribution < -0.4 is 10.3 Å². The number of carbonyl (C=O) groups excluding carboxylic acids is 2. The van der Waals surface area contributed by atoms with Crippen LogP contribution in [0.2, 0.25) is 0 Å². The summed E-state index contributed by atoms with van der Waals surface area (Å²) in [4.78, 5) is 27.0. The summed E-state index contributed by atoms with van der Waals surface area (Å²) in [5.41, 5.74) is 6.04. The number of amides is 2. The molecule has 0 spiro atoms. The van der Waals surface area contributed by atoms with Crippen molar-refractivity contribution >= 4 is 23.2 Å². The van der Waals surface area contributed by atoms with Gasteiger partial charge >= 0.3 is 0 Å². The number of hydrazone groups is 1. The summed E-state index contributed by atoms with van der Waals surface area (Å²) in [5.74, 6) is -0.480. The molecule has 1 aliphatic rings. The van der Waals surface area contributed by atoms with Crippen molar-refractivity contribution in [2.75, 3.05) is 11.4 Å². The number of hydrogen-bond donors (Lipinski definition) is 1. The Morgan fingerprint density at radius 3 is 2.59 bits per heavy atom. The summed E-state index contributed by atoms with van der Waals surface area (Å²) >= 11 is 0. The average Bonchev–Trinajstić information content (AvgIpc) is 2.94. The third kappa shape index (κ3) is 4.25. The van der Waals surface area contributed by atoms with E-state index in [1.807, 2.05) is 31.2 Å². The van der Waals surface area contributed by atoms with Crippen LogP contribution in [-0.4, -0.2) is 24.1 Å². The first kappa shape index (κ1) is 18.8. The zero-order valence-corrected chi connectivity index (χ0v) is 15.9. The summed E-state index contributed by atoms with van der Waals surface area (Å²) in [7, 11) is 0. The fraction of sp³-hybridized carbons (Fsp3) is 0.318. The molecule has 0 radical (unpaired) electrons. The summed E-state index contributed by atoms with van der Waals surface area (Å²) in [6.07, 6.45) is 4.37. The van der Waals surface area contributed by atoms with Crippen molar-refractivity contribution in [2.45, 2.75) is 39.5 Å². The molecular weight excluding hydrogens is 338 g/mol. The van der Waals surface area contributed by atoms with Gasteiger partial charge in [-0.15, -0.1) is 0 Å². The van der Waals surface area contributed by atoms with E-state index in [0.717, 1.165) is 42.5 Å². The van der Waals surface area contributed by atoms with E-state index in [0.29, 0.717) is 17.8 Å². The number of aryl methyl sites for hydroxylation is 1. The van der Waals surface area contributed by atoms with Gasteiger partial charge in [0.25, 0.3) is 11.8 Å². The number of benzene rings is 2. The SMILES string of the molecule is CCCCCCN1C(=O)/C(=N\NC(=O)c2ccccc2)c2cc(C)ccc21. The summed E-state index contributed by atoms with van der Waals surface area (Å²) in [5, 5.41) is 4.18. The van der Waals surface area contributed by atoms with E-state index in [9.17, 15) is 9.59 Å². The van der Waals surface area contributed by atoms with Crippen molar-refractivity contribution in [1.82, 2.24) is 5.43 Å². The topological polar surface area (TPSA) is 61.8 Å². The fourth-order valence-corrected chi connectivity index (χ4v) is 3.21. The third-order valence-corrected chi connectivity index (χ3v) is 4.69. The maximum absolute atomic E-state index is 12.9. The van der Waals surface area contributed by atoms with Gasteiger partial charge < -0.3 is 4.90 Å². The van der Waals surface area contributed by atoms with Crippen molar-refractivity contribution in [3.63, 3.8) is 0 Å². The van der Waals surface area contributed by atoms with E-state index in [-0.39, 0.29) is 11.8 Å². The molecule has 2 aromatic rings. The minimum atomic E-state index is -0.327. The van der Waals surface area contributed by atoms with Gasteiger partial charge in [0.1, 0.15) is 0 Å². The molecule has 0 atom stereocenters. The Labute approximate surface area is 160 Å². The van der Waals surface area contributed by atoms with Gasteiger partial charge in [-0.3, -0.25) is 9.59 Å². The number of nitrogens with zero attached hydrogens (tertiary/aromatic N) is 2. The van der Waals surface area contributed by atoms with Crippen molar-refractivity contribution < 1.29 is 9.59 Å². The number of carbonyl (C=O) groups is 2. The van der Waals surface area contributed by atoms with Crippen LogP contribution in [0.25, 0.3) is 0 Å². The second kappa shape index (κ2) is 8.62. The van der Waals surface area contributed by atoms with E-state index in [4.69, 9.17) is 0 Å². The monoisotopic (exact) mass is 363 g/mol. The maximum Gasteiger partial charge on any atom is 0.279 e. The van der Waals surface area contributed by atoms with Crippen molar-refractivity contribution in [3.05, 3.63) is 65.2 Å². The highest BCUT2D eigenvalue weighted by molar-refractivity contribution is 6.54. The molecule has 3 rings (SSSR count). The molecular formula is C22H25N3O2. The lowest BCUT2D eigenvalue weighted by atomic mass is 10.1. The molecule has 2 amide bonds. The fourth-order valence-electron chi connectivity index (χ4n) is 3.21. The lowest BCUT2D eigenvalue weighted by Gasteiger charge is -2.16. The molecule has 5 heteroatoms. The molecule has 1 heterocycles. The predicted octanol–water partition coefficient (Wildman–Crippen LogP) is 4.06. The van der Waals surface area contributed by atoms with Gasteiger partial charge in [-0.25, -0.2) is 5.43 Å². The Kier molecular flexibility index (Phi) is 6.01. The number of unbranched alkanes of at least 4 members (excludes halogenated alkanes) is 3. The van der Waals surface area contributed by atoms with Crippen LogP contribution in [0.5, 0.6) is 0 Å². The highest BCUT2D eigenvalue weighted by atomic mass is 16.2. The smallest absolute Gasteiger partial charge is 0.279 e. The molecule has 0 saturated carbocycles. The van der Waals surface area contributed by atoms with Crippen molar-refractivity contribution in [3.8, 4) is 0 Å². The number of nitrogens with one attached hydrogen (secondary N) is 1. The van der Waals surface area contributed by atoms with Crippen molar-refractivity contribution in [1.29, 1.82) is 0 Å². The Hall–Kier alpha value is -2.95. The quantitative estimate of drug-likeness (QED) is 0.596. The van der Waals surface area contributed by atoms with E-state index in [1.54, 1.807) is 29.2 Å². The zero-order chi connectivity index (χ0) is 19.2. The average molecular weight is 363 g/mol. The second-order valence-electron chi connectivity index (χ2n) is 6.81. The largest absolute Gasteiger partial charge is 0.306 e.